The third-order valence-corrected chi connectivity index (χ3v) is 7.73. The van der Waals surface area contributed by atoms with Gasteiger partial charge in [-0.05, 0) is 41.1 Å². The average Bonchev–Trinajstić information content (AvgIpc) is 2.73. The fourth-order valence-corrected chi connectivity index (χ4v) is 6.12. The molecule has 0 spiro atoms. The van der Waals surface area contributed by atoms with Gasteiger partial charge >= 0.3 is 0 Å². The molecule has 1 aliphatic rings. The highest BCUT2D eigenvalue weighted by molar-refractivity contribution is 8.00. The number of fused-ring (bicyclic) bond motifs is 2. The molecule has 0 fully saturated rings. The smallest absolute Gasteiger partial charge is 0.264 e. The summed E-state index contributed by atoms with van der Waals surface area (Å²) in [5.74, 6) is 0.694. The molecule has 0 atom stereocenters. The van der Waals surface area contributed by atoms with Crippen LogP contribution in [0.3, 0.4) is 0 Å². The molecule has 3 aromatic carbocycles. The summed E-state index contributed by atoms with van der Waals surface area (Å²) in [6.45, 7) is 0.367. The zero-order valence-electron chi connectivity index (χ0n) is 15.5. The number of anilines is 2. The van der Waals surface area contributed by atoms with Gasteiger partial charge in [0, 0.05) is 35.2 Å². The minimum Gasteiger partial charge on any atom is -0.326 e. The van der Waals surface area contributed by atoms with E-state index in [1.807, 2.05) is 36.4 Å². The summed E-state index contributed by atoms with van der Waals surface area (Å²) in [5.41, 5.74) is 1.14. The number of sulfonamides is 1. The minimum absolute atomic E-state index is 0.201. The van der Waals surface area contributed by atoms with Gasteiger partial charge in [0.15, 0.2) is 0 Å². The van der Waals surface area contributed by atoms with E-state index in [0.717, 1.165) is 15.7 Å². The highest BCUT2D eigenvalue weighted by atomic mass is 35.5. The van der Waals surface area contributed by atoms with Crippen LogP contribution < -0.4 is 9.62 Å². The van der Waals surface area contributed by atoms with Gasteiger partial charge in [-0.1, -0.05) is 30.3 Å². The third-order valence-electron chi connectivity index (χ3n) is 4.69. The van der Waals surface area contributed by atoms with Crippen LogP contribution in [0.1, 0.15) is 6.42 Å². The molecule has 150 valence electrons. The second-order valence-electron chi connectivity index (χ2n) is 6.60. The quantitative estimate of drug-likeness (QED) is 0.576. The van der Waals surface area contributed by atoms with Gasteiger partial charge in [-0.3, -0.25) is 9.10 Å². The Labute approximate surface area is 179 Å². The van der Waals surface area contributed by atoms with E-state index in [0.29, 0.717) is 23.7 Å². The summed E-state index contributed by atoms with van der Waals surface area (Å²) in [7, 11) is -3.74. The number of halogens is 1. The number of nitrogens with zero attached hydrogens (tertiary/aromatic N) is 1. The largest absolute Gasteiger partial charge is 0.326 e. The fourth-order valence-electron chi connectivity index (χ4n) is 3.29. The van der Waals surface area contributed by atoms with Gasteiger partial charge in [0.1, 0.15) is 0 Å². The van der Waals surface area contributed by atoms with Gasteiger partial charge in [0.05, 0.1) is 10.6 Å². The lowest BCUT2D eigenvalue weighted by atomic mass is 10.1. The van der Waals surface area contributed by atoms with E-state index < -0.39 is 10.0 Å². The highest BCUT2D eigenvalue weighted by Gasteiger charge is 2.30. The van der Waals surface area contributed by atoms with Crippen molar-refractivity contribution in [3.8, 4) is 0 Å². The van der Waals surface area contributed by atoms with Crippen LogP contribution in [0.4, 0.5) is 11.4 Å². The standard InChI is InChI=1S/C21H19ClN2O3S2/c22-10-9-21(25)23-17-6-8-20-19(14-17)24(11-12-28-20)29(26,27)18-7-5-15-3-1-2-4-16(15)13-18/h1-8,13-14H,9-12H2,(H,23,25). The normalized spacial score (nSPS) is 13.9. The van der Waals surface area contributed by atoms with Crippen LogP contribution >= 0.6 is 23.4 Å². The summed E-state index contributed by atoms with van der Waals surface area (Å²) in [6.07, 6.45) is 0.201. The number of amides is 1. The van der Waals surface area contributed by atoms with Crippen LogP contribution in [0.15, 0.2) is 70.5 Å². The molecule has 1 heterocycles. The van der Waals surface area contributed by atoms with E-state index in [1.54, 1.807) is 36.0 Å². The van der Waals surface area contributed by atoms with Crippen LogP contribution in [0.25, 0.3) is 10.8 Å². The zero-order valence-corrected chi connectivity index (χ0v) is 17.9. The number of benzene rings is 3. The molecule has 0 bridgehead atoms. The first-order valence-corrected chi connectivity index (χ1v) is 12.1. The van der Waals surface area contributed by atoms with Crippen LogP contribution in [0.5, 0.6) is 0 Å². The fraction of sp³-hybridized carbons (Fsp3) is 0.190. The van der Waals surface area contributed by atoms with E-state index in [4.69, 9.17) is 11.6 Å². The maximum absolute atomic E-state index is 13.4. The Kier molecular flexibility index (Phi) is 5.72. The first kappa shape index (κ1) is 20.1. The molecule has 5 nitrogen and oxygen atoms in total. The van der Waals surface area contributed by atoms with Crippen molar-refractivity contribution in [1.82, 2.24) is 0 Å². The summed E-state index contributed by atoms with van der Waals surface area (Å²) in [5, 5.41) is 4.64. The number of carbonyl (C=O) groups excluding carboxylic acids is 1. The first-order valence-electron chi connectivity index (χ1n) is 9.13. The lowest BCUT2D eigenvalue weighted by molar-refractivity contribution is -0.115. The van der Waals surface area contributed by atoms with Crippen LogP contribution in [0.2, 0.25) is 0 Å². The van der Waals surface area contributed by atoms with Gasteiger partial charge in [-0.2, -0.15) is 0 Å². The number of hydrogen-bond acceptors (Lipinski definition) is 4. The molecular formula is C21H19ClN2O3S2. The topological polar surface area (TPSA) is 66.5 Å². The van der Waals surface area contributed by atoms with Gasteiger partial charge in [-0.25, -0.2) is 8.42 Å². The molecule has 0 aromatic heterocycles. The van der Waals surface area contributed by atoms with Gasteiger partial charge < -0.3 is 5.32 Å². The highest BCUT2D eigenvalue weighted by Crippen LogP contribution is 2.39. The van der Waals surface area contributed by atoms with Crippen molar-refractivity contribution in [3.63, 3.8) is 0 Å². The Morgan fingerprint density at radius 2 is 1.86 bits per heavy atom. The van der Waals surface area contributed by atoms with Gasteiger partial charge in [0.25, 0.3) is 10.0 Å². The predicted octanol–water partition coefficient (Wildman–Crippen LogP) is 4.71. The van der Waals surface area contributed by atoms with Crippen molar-refractivity contribution < 1.29 is 13.2 Å². The van der Waals surface area contributed by atoms with Crippen molar-refractivity contribution in [1.29, 1.82) is 0 Å². The number of alkyl halides is 1. The molecule has 3 aromatic rings. The summed E-state index contributed by atoms with van der Waals surface area (Å²) >= 11 is 7.22. The Bertz CT molecular complexity index is 1180. The Balaban J connectivity index is 1.72. The average molecular weight is 447 g/mol. The lowest BCUT2D eigenvalue weighted by Gasteiger charge is -2.30. The molecule has 0 radical (unpaired) electrons. The monoisotopic (exact) mass is 446 g/mol. The van der Waals surface area contributed by atoms with E-state index in [2.05, 4.69) is 5.32 Å². The molecule has 29 heavy (non-hydrogen) atoms. The van der Waals surface area contributed by atoms with Crippen molar-refractivity contribution in [2.45, 2.75) is 16.2 Å². The number of thioether (sulfide) groups is 1. The SMILES string of the molecule is O=C(CCCl)Nc1ccc2c(c1)N(S(=O)(=O)c1ccc3ccccc3c1)CCS2. The first-order chi connectivity index (χ1) is 14.0. The molecule has 0 aliphatic carbocycles. The summed E-state index contributed by atoms with van der Waals surface area (Å²) in [6, 6.07) is 18.2. The predicted molar refractivity (Wildman–Crippen MR) is 120 cm³/mol. The number of hydrogen-bond donors (Lipinski definition) is 1. The molecule has 0 saturated heterocycles. The Hall–Kier alpha value is -2.22. The van der Waals surface area contributed by atoms with E-state index in [1.165, 1.54) is 4.31 Å². The van der Waals surface area contributed by atoms with Crippen LogP contribution in [-0.2, 0) is 14.8 Å². The van der Waals surface area contributed by atoms with E-state index >= 15 is 0 Å². The third kappa shape index (κ3) is 4.08. The van der Waals surface area contributed by atoms with Crippen molar-refractivity contribution in [2.24, 2.45) is 0 Å². The lowest BCUT2D eigenvalue weighted by Crippen LogP contribution is -2.35. The summed E-state index contributed by atoms with van der Waals surface area (Å²) in [4.78, 5) is 13.0. The van der Waals surface area contributed by atoms with Crippen molar-refractivity contribution in [3.05, 3.63) is 60.7 Å². The molecule has 0 saturated carbocycles. The molecule has 0 unspecified atom stereocenters. The maximum atomic E-state index is 13.4. The zero-order chi connectivity index (χ0) is 20.4. The second kappa shape index (κ2) is 8.26. The van der Waals surface area contributed by atoms with Gasteiger partial charge in [0.2, 0.25) is 5.91 Å². The van der Waals surface area contributed by atoms with Crippen molar-refractivity contribution >= 4 is 61.4 Å². The van der Waals surface area contributed by atoms with Crippen LogP contribution in [-0.4, -0.2) is 32.5 Å². The molecule has 1 N–H and O–H groups in total. The van der Waals surface area contributed by atoms with Gasteiger partial charge in [-0.15, -0.1) is 23.4 Å². The van der Waals surface area contributed by atoms with E-state index in [-0.39, 0.29) is 23.1 Å². The minimum atomic E-state index is -3.74. The number of carbonyl (C=O) groups is 1. The summed E-state index contributed by atoms with van der Waals surface area (Å²) < 4.78 is 28.3. The van der Waals surface area contributed by atoms with Crippen LogP contribution in [0, 0.1) is 0 Å². The molecular weight excluding hydrogens is 428 g/mol. The van der Waals surface area contributed by atoms with E-state index in [9.17, 15) is 13.2 Å². The Morgan fingerprint density at radius 1 is 1.07 bits per heavy atom. The molecule has 1 amide bonds. The van der Waals surface area contributed by atoms with Crippen molar-refractivity contribution in [2.75, 3.05) is 27.8 Å². The number of nitrogens with one attached hydrogen (secondary N) is 1. The Morgan fingerprint density at radius 3 is 2.66 bits per heavy atom. The molecule has 8 heteroatoms. The molecule has 1 aliphatic heterocycles. The maximum Gasteiger partial charge on any atom is 0.264 e. The second-order valence-corrected chi connectivity index (χ2v) is 9.98. The number of rotatable bonds is 5. The molecule has 4 rings (SSSR count).